The summed E-state index contributed by atoms with van der Waals surface area (Å²) in [6.45, 7) is 5.27. The molecule has 0 unspecified atom stereocenters. The molecule has 1 aliphatic rings. The molecule has 1 aliphatic heterocycles. The Hall–Kier alpha value is -2.62. The van der Waals surface area contributed by atoms with E-state index in [1.54, 1.807) is 25.1 Å². The molecule has 1 fully saturated rings. The van der Waals surface area contributed by atoms with Crippen molar-refractivity contribution in [3.8, 4) is 0 Å². The molecule has 2 amide bonds. The van der Waals surface area contributed by atoms with Crippen molar-refractivity contribution in [2.24, 2.45) is 0 Å². The van der Waals surface area contributed by atoms with E-state index in [4.69, 9.17) is 11.6 Å². The molecule has 1 heterocycles. The quantitative estimate of drug-likeness (QED) is 0.609. The topological polar surface area (TPSA) is 64.7 Å². The van der Waals surface area contributed by atoms with Crippen molar-refractivity contribution >= 4 is 29.1 Å². The fourth-order valence-corrected chi connectivity index (χ4v) is 3.95. The van der Waals surface area contributed by atoms with E-state index < -0.39 is 11.7 Å². The van der Waals surface area contributed by atoms with Gasteiger partial charge < -0.3 is 10.6 Å². The molecule has 0 radical (unpaired) electrons. The number of nitrogens with zero attached hydrogens (tertiary/aromatic N) is 2. The minimum Gasteiger partial charge on any atom is -0.346 e. The molecule has 2 aromatic carbocycles. The second-order valence-electron chi connectivity index (χ2n) is 8.34. The number of hydrogen-bond donors (Lipinski definition) is 2. The normalized spacial score (nSPS) is 15.6. The Labute approximate surface area is 202 Å². The molecular formula is C24H28ClF3N4O2. The molecule has 184 valence electrons. The van der Waals surface area contributed by atoms with Crippen molar-refractivity contribution < 1.29 is 22.8 Å². The maximum atomic E-state index is 12.7. The number of hydrogen-bond acceptors (Lipinski definition) is 4. The third kappa shape index (κ3) is 7.72. The van der Waals surface area contributed by atoms with Gasteiger partial charge in [0.25, 0.3) is 0 Å². The number of anilines is 1. The van der Waals surface area contributed by atoms with Gasteiger partial charge in [0.2, 0.25) is 11.8 Å². The van der Waals surface area contributed by atoms with Crippen LogP contribution in [0.15, 0.2) is 42.5 Å². The maximum Gasteiger partial charge on any atom is 0.416 e. The number of amides is 2. The van der Waals surface area contributed by atoms with Crippen LogP contribution in [0.4, 0.5) is 18.9 Å². The SMILES string of the molecule is Cc1c(Cl)cccc1NC(=O)CNC(=O)CN1CCCN(Cc2ccc(C(F)(F)F)cc2)CC1. The van der Waals surface area contributed by atoms with Crippen LogP contribution in [0.1, 0.15) is 23.1 Å². The van der Waals surface area contributed by atoms with Crippen molar-refractivity contribution in [3.63, 3.8) is 0 Å². The summed E-state index contributed by atoms with van der Waals surface area (Å²) in [5.74, 6) is -0.577. The van der Waals surface area contributed by atoms with E-state index in [-0.39, 0.29) is 24.9 Å². The summed E-state index contributed by atoms with van der Waals surface area (Å²) >= 11 is 6.05. The van der Waals surface area contributed by atoms with E-state index in [9.17, 15) is 22.8 Å². The number of benzene rings is 2. The lowest BCUT2D eigenvalue weighted by Crippen LogP contribution is -2.41. The standard InChI is InChI=1S/C24H28ClF3N4O2/c1-17-20(25)4-2-5-21(17)30-22(33)14-29-23(34)16-32-11-3-10-31(12-13-32)15-18-6-8-19(9-7-18)24(26,27)28/h2,4-9H,3,10-16H2,1H3,(H,29,34)(H,30,33). The smallest absolute Gasteiger partial charge is 0.346 e. The zero-order valence-electron chi connectivity index (χ0n) is 18.9. The lowest BCUT2D eigenvalue weighted by molar-refractivity contribution is -0.137. The van der Waals surface area contributed by atoms with E-state index >= 15 is 0 Å². The van der Waals surface area contributed by atoms with E-state index in [0.29, 0.717) is 30.3 Å². The van der Waals surface area contributed by atoms with Gasteiger partial charge in [-0.15, -0.1) is 0 Å². The predicted molar refractivity (Wildman–Crippen MR) is 126 cm³/mol. The summed E-state index contributed by atoms with van der Waals surface area (Å²) in [5, 5.41) is 5.93. The maximum absolute atomic E-state index is 12.7. The number of carbonyl (C=O) groups is 2. The Morgan fingerprint density at radius 3 is 2.35 bits per heavy atom. The van der Waals surface area contributed by atoms with Crippen LogP contribution in [0, 0.1) is 6.92 Å². The lowest BCUT2D eigenvalue weighted by Gasteiger charge is -2.21. The van der Waals surface area contributed by atoms with Crippen LogP contribution in [0.2, 0.25) is 5.02 Å². The Morgan fingerprint density at radius 2 is 1.65 bits per heavy atom. The highest BCUT2D eigenvalue weighted by molar-refractivity contribution is 6.31. The first-order valence-electron chi connectivity index (χ1n) is 11.0. The van der Waals surface area contributed by atoms with Crippen LogP contribution in [0.5, 0.6) is 0 Å². The van der Waals surface area contributed by atoms with Crippen LogP contribution in [0.3, 0.4) is 0 Å². The molecule has 2 N–H and O–H groups in total. The molecular weight excluding hydrogens is 469 g/mol. The molecule has 6 nitrogen and oxygen atoms in total. The zero-order chi connectivity index (χ0) is 24.7. The van der Waals surface area contributed by atoms with Crippen LogP contribution in [-0.2, 0) is 22.3 Å². The third-order valence-electron chi connectivity index (χ3n) is 5.72. The van der Waals surface area contributed by atoms with Gasteiger partial charge in [-0.05, 0) is 61.8 Å². The number of alkyl halides is 3. The van der Waals surface area contributed by atoms with Gasteiger partial charge in [-0.3, -0.25) is 19.4 Å². The lowest BCUT2D eigenvalue weighted by atomic mass is 10.1. The Kier molecular flexibility index (Phi) is 8.93. The van der Waals surface area contributed by atoms with Crippen LogP contribution < -0.4 is 10.6 Å². The number of rotatable bonds is 7. The minimum absolute atomic E-state index is 0.140. The largest absolute Gasteiger partial charge is 0.416 e. The molecule has 0 aliphatic carbocycles. The molecule has 0 spiro atoms. The summed E-state index contributed by atoms with van der Waals surface area (Å²) < 4.78 is 38.2. The fraction of sp³-hybridized carbons (Fsp3) is 0.417. The molecule has 34 heavy (non-hydrogen) atoms. The predicted octanol–water partition coefficient (Wildman–Crippen LogP) is 3.93. The number of halogens is 4. The summed E-state index contributed by atoms with van der Waals surface area (Å²) in [4.78, 5) is 28.7. The average molecular weight is 497 g/mol. The molecule has 0 aromatic heterocycles. The number of carbonyl (C=O) groups excluding carboxylic acids is 2. The van der Waals surface area contributed by atoms with Crippen molar-refractivity contribution in [1.82, 2.24) is 15.1 Å². The summed E-state index contributed by atoms with van der Waals surface area (Å²) in [6.07, 6.45) is -3.50. The van der Waals surface area contributed by atoms with Crippen LogP contribution in [0.25, 0.3) is 0 Å². The number of nitrogens with one attached hydrogen (secondary N) is 2. The first-order valence-corrected chi connectivity index (χ1v) is 11.4. The second-order valence-corrected chi connectivity index (χ2v) is 8.75. The summed E-state index contributed by atoms with van der Waals surface area (Å²) in [5.41, 5.74) is 1.53. The van der Waals surface area contributed by atoms with E-state index in [1.807, 2.05) is 4.90 Å². The van der Waals surface area contributed by atoms with Crippen molar-refractivity contribution in [2.45, 2.75) is 26.1 Å². The molecule has 0 saturated carbocycles. The van der Waals surface area contributed by atoms with E-state index in [0.717, 1.165) is 42.8 Å². The molecule has 2 aromatic rings. The Morgan fingerprint density at radius 1 is 0.971 bits per heavy atom. The van der Waals surface area contributed by atoms with Gasteiger partial charge >= 0.3 is 6.18 Å². The minimum atomic E-state index is -4.34. The van der Waals surface area contributed by atoms with Crippen molar-refractivity contribution in [1.29, 1.82) is 0 Å². The van der Waals surface area contributed by atoms with Crippen molar-refractivity contribution in [3.05, 3.63) is 64.2 Å². The highest BCUT2D eigenvalue weighted by Crippen LogP contribution is 2.29. The van der Waals surface area contributed by atoms with E-state index in [1.165, 1.54) is 12.1 Å². The van der Waals surface area contributed by atoms with Gasteiger partial charge in [-0.1, -0.05) is 29.8 Å². The van der Waals surface area contributed by atoms with Crippen LogP contribution >= 0.6 is 11.6 Å². The van der Waals surface area contributed by atoms with Crippen molar-refractivity contribution in [2.75, 3.05) is 44.6 Å². The molecule has 0 atom stereocenters. The van der Waals surface area contributed by atoms with E-state index in [2.05, 4.69) is 15.5 Å². The molecule has 3 rings (SSSR count). The zero-order valence-corrected chi connectivity index (χ0v) is 19.7. The molecule has 1 saturated heterocycles. The Balaban J connectivity index is 1.40. The summed E-state index contributed by atoms with van der Waals surface area (Å²) in [7, 11) is 0. The highest BCUT2D eigenvalue weighted by Gasteiger charge is 2.30. The average Bonchev–Trinajstić information content (AvgIpc) is 3.00. The fourth-order valence-electron chi connectivity index (χ4n) is 3.77. The van der Waals surface area contributed by atoms with Gasteiger partial charge in [0.1, 0.15) is 0 Å². The second kappa shape index (κ2) is 11.7. The Bertz CT molecular complexity index is 999. The van der Waals surface area contributed by atoms with Gasteiger partial charge in [0.15, 0.2) is 0 Å². The first-order chi connectivity index (χ1) is 16.1. The summed E-state index contributed by atoms with van der Waals surface area (Å²) in [6, 6.07) is 10.4. The monoisotopic (exact) mass is 496 g/mol. The highest BCUT2D eigenvalue weighted by atomic mass is 35.5. The van der Waals surface area contributed by atoms with Crippen LogP contribution in [-0.4, -0.2) is 60.9 Å². The van der Waals surface area contributed by atoms with Gasteiger partial charge in [-0.25, -0.2) is 0 Å². The van der Waals surface area contributed by atoms with Gasteiger partial charge in [0, 0.05) is 30.3 Å². The molecule has 10 heteroatoms. The first kappa shape index (κ1) is 26.0. The molecule has 0 bridgehead atoms. The van der Waals surface area contributed by atoms with Gasteiger partial charge in [-0.2, -0.15) is 13.2 Å². The van der Waals surface area contributed by atoms with Gasteiger partial charge in [0.05, 0.1) is 18.7 Å². The third-order valence-corrected chi connectivity index (χ3v) is 6.13.